The van der Waals surface area contributed by atoms with E-state index in [4.69, 9.17) is 0 Å². The van der Waals surface area contributed by atoms with Crippen LogP contribution in [0.1, 0.15) is 11.3 Å². The predicted octanol–water partition coefficient (Wildman–Crippen LogP) is 3.85. The van der Waals surface area contributed by atoms with Crippen LogP contribution in [0.4, 0.5) is 11.4 Å². The Labute approximate surface area is 188 Å². The molecule has 0 spiro atoms. The summed E-state index contributed by atoms with van der Waals surface area (Å²) in [6, 6.07) is 16.1. The molecule has 33 heavy (non-hydrogen) atoms. The number of fused-ring (bicyclic) bond motifs is 2. The van der Waals surface area contributed by atoms with Crippen LogP contribution in [0.25, 0.3) is 23.0 Å². The fraction of sp³-hybridized carbons (Fsp3) is 0.0435. The zero-order valence-electron chi connectivity index (χ0n) is 17.0. The third-order valence-electron chi connectivity index (χ3n) is 5.34. The minimum absolute atomic E-state index is 0.0390. The van der Waals surface area contributed by atoms with E-state index >= 15 is 0 Å². The van der Waals surface area contributed by atoms with E-state index in [1.807, 2.05) is 12.1 Å². The molecule has 3 heterocycles. The van der Waals surface area contributed by atoms with Crippen molar-refractivity contribution in [2.24, 2.45) is 0 Å². The maximum atomic E-state index is 12.9. The van der Waals surface area contributed by atoms with Gasteiger partial charge in [0, 0.05) is 35.0 Å². The van der Waals surface area contributed by atoms with E-state index < -0.39 is 14.8 Å². The lowest BCUT2D eigenvalue weighted by Crippen LogP contribution is -2.16. The molecule has 0 radical (unpaired) electrons. The van der Waals surface area contributed by atoms with Crippen molar-refractivity contribution >= 4 is 38.8 Å². The third kappa shape index (κ3) is 3.76. The second-order valence-corrected chi connectivity index (χ2v) is 9.27. The van der Waals surface area contributed by atoms with Crippen LogP contribution in [0.5, 0.6) is 0 Å². The average molecular weight is 460 g/mol. The number of nitrogens with one attached hydrogen (secondary N) is 1. The second kappa shape index (κ2) is 7.68. The van der Waals surface area contributed by atoms with E-state index in [2.05, 4.69) is 10.3 Å². The molecule has 2 aromatic carbocycles. The number of benzene rings is 2. The lowest BCUT2D eigenvalue weighted by molar-refractivity contribution is -0.384. The summed E-state index contributed by atoms with van der Waals surface area (Å²) in [5.41, 5.74) is 3.32. The van der Waals surface area contributed by atoms with Crippen LogP contribution < -0.4 is 5.32 Å². The van der Waals surface area contributed by atoms with Crippen LogP contribution in [0.2, 0.25) is 0 Å². The minimum atomic E-state index is -3.49. The Bertz CT molecular complexity index is 1570. The summed E-state index contributed by atoms with van der Waals surface area (Å²) in [5, 5.41) is 14.9. The largest absolute Gasteiger partial charge is 0.326 e. The summed E-state index contributed by atoms with van der Waals surface area (Å²) in [4.78, 5) is 28.2. The number of carbonyl (C=O) groups excluding carboxylic acids is 1. The van der Waals surface area contributed by atoms with Crippen LogP contribution in [0, 0.1) is 10.1 Å². The van der Waals surface area contributed by atoms with Crippen molar-refractivity contribution in [2.45, 2.75) is 11.3 Å². The van der Waals surface area contributed by atoms with Gasteiger partial charge in [0.2, 0.25) is 15.7 Å². The Hall–Kier alpha value is -4.31. The quantitative estimate of drug-likeness (QED) is 0.356. The first-order valence-corrected chi connectivity index (χ1v) is 11.4. The maximum absolute atomic E-state index is 12.9. The zero-order valence-corrected chi connectivity index (χ0v) is 17.8. The first kappa shape index (κ1) is 20.6. The first-order chi connectivity index (χ1) is 15.8. The molecule has 0 bridgehead atoms. The summed E-state index contributed by atoms with van der Waals surface area (Å²) < 4.78 is 26.0. The summed E-state index contributed by atoms with van der Waals surface area (Å²) >= 11 is 0. The molecule has 0 fully saturated rings. The number of imidazole rings is 1. The number of nitro benzene ring substituents is 1. The highest BCUT2D eigenvalue weighted by atomic mass is 32.2. The lowest BCUT2D eigenvalue weighted by Gasteiger charge is -2.09. The molecule has 0 saturated carbocycles. The van der Waals surface area contributed by atoms with Gasteiger partial charge in [-0.05, 0) is 48.0 Å². The van der Waals surface area contributed by atoms with Crippen molar-refractivity contribution in [2.75, 3.05) is 5.32 Å². The van der Waals surface area contributed by atoms with Gasteiger partial charge in [-0.1, -0.05) is 12.1 Å². The second-order valence-electron chi connectivity index (χ2n) is 7.47. The highest BCUT2D eigenvalue weighted by molar-refractivity contribution is 7.94. The van der Waals surface area contributed by atoms with E-state index in [1.54, 1.807) is 40.9 Å². The molecule has 9 nitrogen and oxygen atoms in total. The van der Waals surface area contributed by atoms with Gasteiger partial charge in [-0.25, -0.2) is 13.4 Å². The molecule has 5 rings (SSSR count). The Morgan fingerprint density at radius 3 is 2.64 bits per heavy atom. The molecule has 1 amide bonds. The Morgan fingerprint density at radius 2 is 1.88 bits per heavy atom. The summed E-state index contributed by atoms with van der Waals surface area (Å²) in [7, 11) is -3.49. The molecule has 1 N–H and O–H groups in total. The number of hydrogen-bond donors (Lipinski definition) is 1. The monoisotopic (exact) mass is 460 g/mol. The molecule has 4 aromatic rings. The zero-order chi connectivity index (χ0) is 23.2. The minimum Gasteiger partial charge on any atom is -0.326 e. The van der Waals surface area contributed by atoms with Gasteiger partial charge in [-0.2, -0.15) is 0 Å². The van der Waals surface area contributed by atoms with Crippen molar-refractivity contribution in [1.29, 1.82) is 0 Å². The lowest BCUT2D eigenvalue weighted by atomic mass is 10.1. The fourth-order valence-corrected chi connectivity index (χ4v) is 5.01. The highest BCUT2D eigenvalue weighted by Crippen LogP contribution is 2.30. The number of carbonyl (C=O) groups is 1. The van der Waals surface area contributed by atoms with E-state index in [-0.39, 0.29) is 22.9 Å². The maximum Gasteiger partial charge on any atom is 0.269 e. The molecular formula is C23H16N4O5S. The standard InChI is InChI=1S/C23H16N4O5S/c28-22(24-17-7-4-15-10-12-33(31,32)20(15)13-17)14-19-23(25-21-3-1-2-11-26(19)21)16-5-8-18(9-6-16)27(29)30/h1-13H,14H2,(H,24,28). The van der Waals surface area contributed by atoms with Crippen LogP contribution in [-0.4, -0.2) is 28.6 Å². The number of pyridine rings is 1. The number of non-ortho nitro benzene ring substituents is 1. The van der Waals surface area contributed by atoms with Gasteiger partial charge in [0.15, 0.2) is 0 Å². The van der Waals surface area contributed by atoms with Gasteiger partial charge in [-0.15, -0.1) is 0 Å². The van der Waals surface area contributed by atoms with Gasteiger partial charge in [0.05, 0.1) is 27.6 Å². The van der Waals surface area contributed by atoms with Crippen LogP contribution >= 0.6 is 0 Å². The number of anilines is 1. The van der Waals surface area contributed by atoms with Crippen LogP contribution in [0.3, 0.4) is 0 Å². The smallest absolute Gasteiger partial charge is 0.269 e. The Kier molecular flexibility index (Phi) is 4.79. The number of hydrogen-bond acceptors (Lipinski definition) is 6. The number of nitrogens with zero attached hydrogens (tertiary/aromatic N) is 3. The number of rotatable bonds is 5. The third-order valence-corrected chi connectivity index (χ3v) is 6.80. The van der Waals surface area contributed by atoms with E-state index in [0.717, 1.165) is 5.41 Å². The van der Waals surface area contributed by atoms with Crippen LogP contribution in [-0.2, 0) is 21.1 Å². The Balaban J connectivity index is 1.47. The van der Waals surface area contributed by atoms with Crippen LogP contribution in [0.15, 0.2) is 77.2 Å². The van der Waals surface area contributed by atoms with Gasteiger partial charge in [0.25, 0.3) is 5.69 Å². The normalized spacial score (nSPS) is 13.7. The fourth-order valence-electron chi connectivity index (χ4n) is 3.78. The summed E-state index contributed by atoms with van der Waals surface area (Å²) in [5.74, 6) is -0.355. The van der Waals surface area contributed by atoms with Crippen molar-refractivity contribution < 1.29 is 18.1 Å². The molecule has 1 aliphatic heterocycles. The van der Waals surface area contributed by atoms with Gasteiger partial charge in [-0.3, -0.25) is 14.9 Å². The summed E-state index contributed by atoms with van der Waals surface area (Å²) in [6.45, 7) is 0. The van der Waals surface area contributed by atoms with E-state index in [0.29, 0.717) is 33.8 Å². The molecule has 0 unspecified atom stereocenters. The predicted molar refractivity (Wildman–Crippen MR) is 122 cm³/mol. The average Bonchev–Trinajstić information content (AvgIpc) is 3.31. The molecule has 10 heteroatoms. The number of aromatic nitrogens is 2. The van der Waals surface area contributed by atoms with E-state index in [1.165, 1.54) is 24.3 Å². The molecule has 0 saturated heterocycles. The van der Waals surface area contributed by atoms with Gasteiger partial charge >= 0.3 is 0 Å². The SMILES string of the molecule is O=C(Cc1c(-c2ccc([N+](=O)[O-])cc2)nc2ccccn12)Nc1ccc2c(c1)S(=O)(=O)C=C2. The molecule has 164 valence electrons. The molecule has 1 aliphatic rings. The Morgan fingerprint density at radius 1 is 1.09 bits per heavy atom. The molecule has 0 atom stereocenters. The van der Waals surface area contributed by atoms with Crippen molar-refractivity contribution in [3.8, 4) is 11.3 Å². The number of nitro groups is 1. The molecule has 0 aliphatic carbocycles. The number of sulfone groups is 1. The molecule has 2 aromatic heterocycles. The van der Waals surface area contributed by atoms with Crippen molar-refractivity contribution in [1.82, 2.24) is 9.38 Å². The van der Waals surface area contributed by atoms with Gasteiger partial charge in [0.1, 0.15) is 5.65 Å². The van der Waals surface area contributed by atoms with Crippen molar-refractivity contribution in [3.63, 3.8) is 0 Å². The highest BCUT2D eigenvalue weighted by Gasteiger charge is 2.22. The van der Waals surface area contributed by atoms with E-state index in [9.17, 15) is 23.3 Å². The number of amides is 1. The van der Waals surface area contributed by atoms with Crippen molar-refractivity contribution in [3.05, 3.63) is 93.6 Å². The summed E-state index contributed by atoms with van der Waals surface area (Å²) in [6.07, 6.45) is 3.26. The first-order valence-electron chi connectivity index (χ1n) is 9.90. The topological polar surface area (TPSA) is 124 Å². The molecular weight excluding hydrogens is 444 g/mol. The van der Waals surface area contributed by atoms with Gasteiger partial charge < -0.3 is 9.72 Å².